The monoisotopic (exact) mass is 346 g/mol. The molecule has 0 amide bonds. The number of rotatable bonds is 1. The standard InChI is InChI=1S/C16H28O4P2/c1-15(2)17-9-7-21(5)13(11(9)19-15)14-12-10(8-22(14)6)18-16(3,4)20-12/h9-14H,7-8H2,1-6H3/t9-,10-,11+,12+,13-,14-,21-,22+/m1/s1. The molecular formula is C16H28O4P2. The highest BCUT2D eigenvalue weighted by atomic mass is 31.1. The lowest BCUT2D eigenvalue weighted by Gasteiger charge is -2.35. The van der Waals surface area contributed by atoms with Gasteiger partial charge in [0.2, 0.25) is 0 Å². The maximum atomic E-state index is 6.32. The molecule has 4 nitrogen and oxygen atoms in total. The van der Waals surface area contributed by atoms with E-state index in [1.54, 1.807) is 0 Å². The summed E-state index contributed by atoms with van der Waals surface area (Å²) in [4.78, 5) is 0. The van der Waals surface area contributed by atoms with Crippen LogP contribution < -0.4 is 0 Å². The molecule has 0 N–H and O–H groups in total. The van der Waals surface area contributed by atoms with E-state index >= 15 is 0 Å². The summed E-state index contributed by atoms with van der Waals surface area (Å²) in [5.74, 6) is -0.851. The molecular weight excluding hydrogens is 318 g/mol. The molecule has 4 rings (SSSR count). The molecule has 0 saturated carbocycles. The van der Waals surface area contributed by atoms with E-state index in [0.29, 0.717) is 11.3 Å². The lowest BCUT2D eigenvalue weighted by Crippen LogP contribution is -2.42. The first kappa shape index (κ1) is 16.2. The Morgan fingerprint density at radius 1 is 0.682 bits per heavy atom. The van der Waals surface area contributed by atoms with Crippen LogP contribution in [0.5, 0.6) is 0 Å². The Morgan fingerprint density at radius 3 is 1.41 bits per heavy atom. The molecule has 0 aliphatic carbocycles. The Balaban J connectivity index is 1.60. The van der Waals surface area contributed by atoms with Gasteiger partial charge in [-0.05, 0) is 53.3 Å². The molecule has 126 valence electrons. The van der Waals surface area contributed by atoms with E-state index in [9.17, 15) is 0 Å². The van der Waals surface area contributed by atoms with Gasteiger partial charge in [-0.15, -0.1) is 15.8 Å². The Hall–Kier alpha value is 0.700. The van der Waals surface area contributed by atoms with E-state index in [4.69, 9.17) is 18.9 Å². The van der Waals surface area contributed by atoms with E-state index in [1.165, 1.54) is 12.3 Å². The van der Waals surface area contributed by atoms with Gasteiger partial charge in [-0.3, -0.25) is 0 Å². The van der Waals surface area contributed by atoms with Crippen LogP contribution in [-0.4, -0.2) is 73.0 Å². The van der Waals surface area contributed by atoms with Crippen molar-refractivity contribution in [3.8, 4) is 0 Å². The van der Waals surface area contributed by atoms with Crippen LogP contribution in [0.1, 0.15) is 27.7 Å². The van der Waals surface area contributed by atoms with E-state index in [1.807, 2.05) is 27.7 Å². The van der Waals surface area contributed by atoms with Crippen LogP contribution in [-0.2, 0) is 18.9 Å². The van der Waals surface area contributed by atoms with Crippen molar-refractivity contribution in [1.82, 2.24) is 0 Å². The summed E-state index contributed by atoms with van der Waals surface area (Å²) >= 11 is 0. The molecule has 0 aromatic heterocycles. The normalized spacial score (nSPS) is 55.4. The van der Waals surface area contributed by atoms with Crippen molar-refractivity contribution in [2.45, 2.75) is 75.0 Å². The third-order valence-electron chi connectivity index (χ3n) is 5.42. The zero-order chi connectivity index (χ0) is 15.9. The van der Waals surface area contributed by atoms with Gasteiger partial charge in [0.15, 0.2) is 11.6 Å². The molecule has 6 heteroatoms. The molecule has 0 bridgehead atoms. The Morgan fingerprint density at radius 2 is 1.05 bits per heavy atom. The molecule has 0 aromatic rings. The van der Waals surface area contributed by atoms with E-state index < -0.39 is 11.6 Å². The van der Waals surface area contributed by atoms with Gasteiger partial charge in [-0.2, -0.15) is 0 Å². The third kappa shape index (κ3) is 2.50. The van der Waals surface area contributed by atoms with Crippen molar-refractivity contribution in [2.75, 3.05) is 25.7 Å². The fourth-order valence-corrected chi connectivity index (χ4v) is 11.3. The molecule has 22 heavy (non-hydrogen) atoms. The second-order valence-corrected chi connectivity index (χ2v) is 13.1. The minimum absolute atomic E-state index is 0.0646. The highest BCUT2D eigenvalue weighted by Gasteiger charge is 2.61. The molecule has 0 aromatic carbocycles. The van der Waals surface area contributed by atoms with Gasteiger partial charge >= 0.3 is 0 Å². The van der Waals surface area contributed by atoms with Gasteiger partial charge in [0.1, 0.15) is 0 Å². The molecule has 0 unspecified atom stereocenters. The summed E-state index contributed by atoms with van der Waals surface area (Å²) in [5, 5.41) is 0. The first-order valence-corrected chi connectivity index (χ1v) is 12.4. The summed E-state index contributed by atoms with van der Waals surface area (Å²) in [6.45, 7) is 13.0. The van der Waals surface area contributed by atoms with Crippen LogP contribution in [0.25, 0.3) is 0 Å². The molecule has 4 fully saturated rings. The second kappa shape index (κ2) is 5.10. The summed E-state index contributed by atoms with van der Waals surface area (Å²) in [6.07, 6.45) is 3.44. The predicted molar refractivity (Wildman–Crippen MR) is 90.6 cm³/mol. The number of ether oxygens (including phenoxy) is 4. The number of fused-ring (bicyclic) bond motifs is 2. The Kier molecular flexibility index (Phi) is 3.75. The summed E-state index contributed by atoms with van der Waals surface area (Å²) < 4.78 is 24.9. The quantitative estimate of drug-likeness (QED) is 0.684. The maximum absolute atomic E-state index is 6.32. The molecule has 0 spiro atoms. The fraction of sp³-hybridized carbons (Fsp3) is 1.00. The van der Waals surface area contributed by atoms with Crippen LogP contribution in [0.15, 0.2) is 0 Å². The summed E-state index contributed by atoms with van der Waals surface area (Å²) in [5.41, 5.74) is 1.20. The van der Waals surface area contributed by atoms with Crippen LogP contribution >= 0.6 is 15.8 Å². The molecule has 4 aliphatic rings. The predicted octanol–water partition coefficient (Wildman–Crippen LogP) is 3.01. The summed E-state index contributed by atoms with van der Waals surface area (Å²) in [7, 11) is -0.129. The van der Waals surface area contributed by atoms with Crippen molar-refractivity contribution in [1.29, 1.82) is 0 Å². The fourth-order valence-electron chi connectivity index (χ4n) is 4.81. The van der Waals surface area contributed by atoms with E-state index in [2.05, 4.69) is 13.3 Å². The summed E-state index contributed by atoms with van der Waals surface area (Å²) in [6, 6.07) is 0. The molecule has 8 atom stereocenters. The van der Waals surface area contributed by atoms with Crippen LogP contribution in [0.3, 0.4) is 0 Å². The first-order chi connectivity index (χ1) is 10.2. The van der Waals surface area contributed by atoms with E-state index in [0.717, 1.165) is 0 Å². The average molecular weight is 346 g/mol. The highest BCUT2D eigenvalue weighted by Crippen LogP contribution is 2.64. The highest BCUT2D eigenvalue weighted by molar-refractivity contribution is 7.62. The zero-order valence-electron chi connectivity index (χ0n) is 14.4. The molecule has 0 radical (unpaired) electrons. The topological polar surface area (TPSA) is 36.9 Å². The number of hydrogen-bond acceptors (Lipinski definition) is 4. The first-order valence-electron chi connectivity index (χ1n) is 8.29. The Labute approximate surface area is 136 Å². The second-order valence-electron chi connectivity index (χ2n) is 8.14. The minimum Gasteiger partial charge on any atom is -0.344 e. The van der Waals surface area contributed by atoms with Crippen molar-refractivity contribution in [3.05, 3.63) is 0 Å². The van der Waals surface area contributed by atoms with Crippen LogP contribution in [0.2, 0.25) is 0 Å². The van der Waals surface area contributed by atoms with Gasteiger partial charge in [0.05, 0.1) is 24.4 Å². The van der Waals surface area contributed by atoms with Gasteiger partial charge in [0, 0.05) is 11.3 Å². The smallest absolute Gasteiger partial charge is 0.163 e. The van der Waals surface area contributed by atoms with Crippen LogP contribution in [0, 0.1) is 0 Å². The largest absolute Gasteiger partial charge is 0.344 e. The van der Waals surface area contributed by atoms with E-state index in [-0.39, 0.29) is 40.3 Å². The maximum Gasteiger partial charge on any atom is 0.163 e. The molecule has 4 aliphatic heterocycles. The van der Waals surface area contributed by atoms with Crippen molar-refractivity contribution >= 4 is 15.8 Å². The third-order valence-corrected chi connectivity index (χ3v) is 10.8. The van der Waals surface area contributed by atoms with Gasteiger partial charge < -0.3 is 18.9 Å². The van der Waals surface area contributed by atoms with Gasteiger partial charge in [-0.25, -0.2) is 0 Å². The van der Waals surface area contributed by atoms with Crippen molar-refractivity contribution in [3.63, 3.8) is 0 Å². The SMILES string of the molecule is C[P@]1C[C@H]2OC(C)(C)O[C@@H]2[C@@H]1[C@H]1[C@H]2OC(C)(C)O[C@@H]2C[P@]1C. The van der Waals surface area contributed by atoms with Crippen LogP contribution in [0.4, 0.5) is 0 Å². The van der Waals surface area contributed by atoms with Crippen molar-refractivity contribution < 1.29 is 18.9 Å². The number of hydrogen-bond donors (Lipinski definition) is 0. The molecule has 4 saturated heterocycles. The van der Waals surface area contributed by atoms with Gasteiger partial charge in [0.25, 0.3) is 0 Å². The zero-order valence-corrected chi connectivity index (χ0v) is 16.2. The Bertz CT molecular complexity index is 427. The molecule has 4 heterocycles. The lowest BCUT2D eigenvalue weighted by atomic mass is 10.0. The van der Waals surface area contributed by atoms with Crippen molar-refractivity contribution in [2.24, 2.45) is 0 Å². The lowest BCUT2D eigenvalue weighted by molar-refractivity contribution is -0.151. The minimum atomic E-state index is -0.426. The van der Waals surface area contributed by atoms with Gasteiger partial charge in [-0.1, -0.05) is 0 Å². The average Bonchev–Trinajstić information content (AvgIpc) is 2.96.